The Balaban J connectivity index is 0. The smallest absolute Gasteiger partial charge is 0.00784 e. The molecule has 0 N–H and O–H groups in total. The zero-order valence-corrected chi connectivity index (χ0v) is 18.9. The molecule has 0 heterocycles. The van der Waals surface area contributed by atoms with Crippen molar-refractivity contribution in [2.45, 2.75) is 58.8 Å². The molecule has 22 heavy (non-hydrogen) atoms. The molecule has 124 valence electrons. The molecule has 2 aliphatic carbocycles. The van der Waals surface area contributed by atoms with Crippen LogP contribution in [0.2, 0.25) is 0 Å². The molecule has 0 unspecified atom stereocenters. The van der Waals surface area contributed by atoms with Gasteiger partial charge >= 0.3 is 0 Å². The number of rotatable bonds is 8. The summed E-state index contributed by atoms with van der Waals surface area (Å²) in [4.78, 5) is 0. The molecule has 0 atom stereocenters. The van der Waals surface area contributed by atoms with Gasteiger partial charge in [0.25, 0.3) is 0 Å². The number of unbranched alkanes of at least 4 members (excludes halogenated alkanes) is 2. The molecule has 0 aromatic rings. The number of allylic oxidation sites excluding steroid dienone is 8. The fraction of sp³-hybridized carbons (Fsp3) is 0.579. The average molecular weight is 506 g/mol. The third-order valence-corrected chi connectivity index (χ3v) is 4.58. The summed E-state index contributed by atoms with van der Waals surface area (Å²) in [6.45, 7) is 4.58. The Kier molecular flexibility index (Phi) is 13.3. The van der Waals surface area contributed by atoms with Crippen LogP contribution in [0.25, 0.3) is 0 Å². The first-order valence-corrected chi connectivity index (χ1v) is 7.98. The van der Waals surface area contributed by atoms with E-state index in [-0.39, 0.29) is 50.7 Å². The minimum absolute atomic E-state index is 0. The van der Waals surface area contributed by atoms with Gasteiger partial charge < -0.3 is 24.8 Å². The third-order valence-electron chi connectivity index (χ3n) is 4.58. The molecule has 3 heteroatoms. The van der Waals surface area contributed by atoms with E-state index in [1.807, 2.05) is 0 Å². The van der Waals surface area contributed by atoms with Crippen molar-refractivity contribution in [3.05, 3.63) is 48.6 Å². The van der Waals surface area contributed by atoms with E-state index in [4.69, 9.17) is 0 Å². The zero-order chi connectivity index (χ0) is 13.6. The van der Waals surface area contributed by atoms with Gasteiger partial charge in [-0.05, 0) is 19.3 Å². The molecule has 0 nitrogen and oxygen atoms in total. The van der Waals surface area contributed by atoms with Crippen molar-refractivity contribution in [3.8, 4) is 0 Å². The van der Waals surface area contributed by atoms with Crippen molar-refractivity contribution in [1.82, 2.24) is 0 Å². The minimum Gasteiger partial charge on any atom is -1.00 e. The van der Waals surface area contributed by atoms with Crippen LogP contribution < -0.4 is 24.8 Å². The Labute approximate surface area is 168 Å². The van der Waals surface area contributed by atoms with Crippen LogP contribution in [-0.4, -0.2) is 0 Å². The maximum absolute atomic E-state index is 2.44. The van der Waals surface area contributed by atoms with Gasteiger partial charge in [0, 0.05) is 36.7 Å². The summed E-state index contributed by atoms with van der Waals surface area (Å²) in [5.41, 5.74) is 0.617. The van der Waals surface area contributed by atoms with Crippen LogP contribution in [0.15, 0.2) is 48.6 Å². The van der Waals surface area contributed by atoms with E-state index in [1.165, 1.54) is 44.9 Å². The molecule has 0 fully saturated rings. The first kappa shape index (κ1) is 24.7. The van der Waals surface area contributed by atoms with Gasteiger partial charge in [-0.3, -0.25) is 0 Å². The molecule has 0 amide bonds. The summed E-state index contributed by atoms with van der Waals surface area (Å²) < 4.78 is 0. The molecular formula is C19H28Cl2Hf-2. The maximum Gasteiger partial charge on any atom is 0.00784 e. The van der Waals surface area contributed by atoms with Crippen molar-refractivity contribution in [1.29, 1.82) is 0 Å². The van der Waals surface area contributed by atoms with Crippen molar-refractivity contribution >= 4 is 0 Å². The summed E-state index contributed by atoms with van der Waals surface area (Å²) in [6.07, 6.45) is 27.8. The second kappa shape index (κ2) is 11.9. The fourth-order valence-electron chi connectivity index (χ4n) is 3.47. The quantitative estimate of drug-likeness (QED) is 0.407. The van der Waals surface area contributed by atoms with E-state index in [9.17, 15) is 0 Å². The molecule has 0 aromatic carbocycles. The third kappa shape index (κ3) is 6.49. The second-order valence-electron chi connectivity index (χ2n) is 6.29. The van der Waals surface area contributed by atoms with Crippen molar-refractivity contribution in [3.63, 3.8) is 0 Å². The van der Waals surface area contributed by atoms with Crippen molar-refractivity contribution in [2.24, 2.45) is 10.8 Å². The van der Waals surface area contributed by atoms with Crippen LogP contribution >= 0.6 is 0 Å². The van der Waals surface area contributed by atoms with Crippen LogP contribution in [0.1, 0.15) is 58.8 Å². The summed E-state index contributed by atoms with van der Waals surface area (Å²) in [7, 11) is 0. The SMILES string of the molecule is CCCCC1(CC2(CCCC)C=CC=C2)C=CC=C1.[Cl-].[Cl-].[Hf]. The summed E-state index contributed by atoms with van der Waals surface area (Å²) in [5.74, 6) is 0. The van der Waals surface area contributed by atoms with Gasteiger partial charge in [-0.2, -0.15) is 0 Å². The number of halogens is 2. The Morgan fingerprint density at radius 1 is 0.636 bits per heavy atom. The number of hydrogen-bond acceptors (Lipinski definition) is 0. The minimum atomic E-state index is 0. The van der Waals surface area contributed by atoms with Crippen LogP contribution in [0.3, 0.4) is 0 Å². The van der Waals surface area contributed by atoms with Gasteiger partial charge in [0.05, 0.1) is 0 Å². The largest absolute Gasteiger partial charge is 1.00 e. The fourth-order valence-corrected chi connectivity index (χ4v) is 3.47. The van der Waals surface area contributed by atoms with E-state index in [0.29, 0.717) is 10.8 Å². The zero-order valence-electron chi connectivity index (χ0n) is 13.8. The van der Waals surface area contributed by atoms with Gasteiger partial charge in [0.2, 0.25) is 0 Å². The molecule has 0 saturated heterocycles. The predicted octanol–water partition coefficient (Wildman–Crippen LogP) is -0.0128. The van der Waals surface area contributed by atoms with E-state index in [2.05, 4.69) is 62.5 Å². The van der Waals surface area contributed by atoms with Gasteiger partial charge in [0.1, 0.15) is 0 Å². The summed E-state index contributed by atoms with van der Waals surface area (Å²) in [6, 6.07) is 0. The van der Waals surface area contributed by atoms with Crippen LogP contribution in [0.4, 0.5) is 0 Å². The van der Waals surface area contributed by atoms with E-state index >= 15 is 0 Å². The van der Waals surface area contributed by atoms with E-state index < -0.39 is 0 Å². The van der Waals surface area contributed by atoms with E-state index in [1.54, 1.807) is 0 Å². The van der Waals surface area contributed by atoms with Gasteiger partial charge in [-0.25, -0.2) is 0 Å². The molecule has 2 aliphatic rings. The van der Waals surface area contributed by atoms with Crippen LogP contribution in [0, 0.1) is 10.8 Å². The van der Waals surface area contributed by atoms with Crippen molar-refractivity contribution < 1.29 is 50.7 Å². The molecule has 2 rings (SSSR count). The summed E-state index contributed by atoms with van der Waals surface area (Å²) in [5, 5.41) is 0. The number of hydrogen-bond donors (Lipinski definition) is 0. The first-order chi connectivity index (χ1) is 9.24. The van der Waals surface area contributed by atoms with Gasteiger partial charge in [0.15, 0.2) is 0 Å². The molecule has 0 spiro atoms. The topological polar surface area (TPSA) is 0 Å². The molecule has 0 aliphatic heterocycles. The second-order valence-corrected chi connectivity index (χ2v) is 6.29. The molecule has 0 radical (unpaired) electrons. The standard InChI is InChI=1S/C19H28.2ClH.Hf/c1-3-5-11-18(13-7-8-14-18)17-19(12-6-4-2)15-9-10-16-19;;;/h7-10,13-16H,3-6,11-12,17H2,1-2H3;2*1H;/p-2. The molecule has 0 aromatic heterocycles. The molecule has 0 saturated carbocycles. The average Bonchev–Trinajstić information content (AvgIpc) is 3.05. The monoisotopic (exact) mass is 506 g/mol. The van der Waals surface area contributed by atoms with E-state index in [0.717, 1.165) is 0 Å². The summed E-state index contributed by atoms with van der Waals surface area (Å²) >= 11 is 0. The van der Waals surface area contributed by atoms with Crippen LogP contribution in [0.5, 0.6) is 0 Å². The Morgan fingerprint density at radius 3 is 1.23 bits per heavy atom. The van der Waals surface area contributed by atoms with Crippen LogP contribution in [-0.2, 0) is 25.8 Å². The van der Waals surface area contributed by atoms with Crippen molar-refractivity contribution in [2.75, 3.05) is 0 Å². The Morgan fingerprint density at radius 2 is 0.955 bits per heavy atom. The van der Waals surface area contributed by atoms with Gasteiger partial charge in [-0.15, -0.1) is 0 Å². The normalized spacial score (nSPS) is 18.6. The Bertz CT molecular complexity index is 346. The first-order valence-electron chi connectivity index (χ1n) is 7.98. The Hall–Kier alpha value is 0.410. The predicted molar refractivity (Wildman–Crippen MR) is 85.1 cm³/mol. The maximum atomic E-state index is 2.44. The molecule has 0 bridgehead atoms. The molecular weight excluding hydrogens is 478 g/mol. The van der Waals surface area contributed by atoms with Gasteiger partial charge in [-0.1, -0.05) is 88.1 Å².